The van der Waals surface area contributed by atoms with Gasteiger partial charge in [-0.1, -0.05) is 36.4 Å². The Labute approximate surface area is 75.9 Å². The summed E-state index contributed by atoms with van der Waals surface area (Å²) in [6, 6.07) is 9.20. The van der Waals surface area contributed by atoms with Gasteiger partial charge in [-0.15, -0.1) is 0 Å². The summed E-state index contributed by atoms with van der Waals surface area (Å²) in [6.45, 7) is 0. The molecule has 1 aromatic rings. The lowest BCUT2D eigenvalue weighted by molar-refractivity contribution is -0.133. The van der Waals surface area contributed by atoms with Crippen molar-refractivity contribution in [3.63, 3.8) is 0 Å². The van der Waals surface area contributed by atoms with E-state index in [1.165, 1.54) is 0 Å². The first-order valence-electron chi connectivity index (χ1n) is 3.77. The molecule has 0 atom stereocenters. The number of amides is 1. The number of carbonyl (C=O) groups is 2. The van der Waals surface area contributed by atoms with Gasteiger partial charge < -0.3 is 5.73 Å². The standard InChI is InChI=1S/C10H9NO2/c11-10(13)9(12)7-6-8-4-2-1-3-5-8/h1-7H,(H2,11,13). The van der Waals surface area contributed by atoms with Crippen LogP contribution in [0.1, 0.15) is 5.56 Å². The van der Waals surface area contributed by atoms with Gasteiger partial charge in [0.2, 0.25) is 5.78 Å². The highest BCUT2D eigenvalue weighted by molar-refractivity contribution is 6.40. The fourth-order valence-corrected chi connectivity index (χ4v) is 0.818. The van der Waals surface area contributed by atoms with Crippen molar-refractivity contribution in [2.45, 2.75) is 0 Å². The van der Waals surface area contributed by atoms with Gasteiger partial charge in [-0.05, 0) is 11.6 Å². The Morgan fingerprint density at radius 3 is 2.31 bits per heavy atom. The molecule has 13 heavy (non-hydrogen) atoms. The number of benzene rings is 1. The molecule has 0 spiro atoms. The molecule has 0 fully saturated rings. The van der Waals surface area contributed by atoms with Crippen molar-refractivity contribution in [2.24, 2.45) is 5.73 Å². The Balaban J connectivity index is 2.70. The lowest BCUT2D eigenvalue weighted by atomic mass is 10.2. The number of carbonyl (C=O) groups excluding carboxylic acids is 2. The van der Waals surface area contributed by atoms with Gasteiger partial charge in [0.05, 0.1) is 0 Å². The van der Waals surface area contributed by atoms with Crippen LogP contribution < -0.4 is 5.73 Å². The third-order valence-corrected chi connectivity index (χ3v) is 1.47. The van der Waals surface area contributed by atoms with Crippen LogP contribution in [0, 0.1) is 0 Å². The molecule has 0 unspecified atom stereocenters. The molecule has 3 heteroatoms. The van der Waals surface area contributed by atoms with Crippen LogP contribution in [0.25, 0.3) is 6.08 Å². The van der Waals surface area contributed by atoms with Crippen molar-refractivity contribution >= 4 is 17.8 Å². The Hall–Kier alpha value is -1.90. The molecule has 1 rings (SSSR count). The van der Waals surface area contributed by atoms with E-state index in [9.17, 15) is 9.59 Å². The summed E-state index contributed by atoms with van der Waals surface area (Å²) >= 11 is 0. The zero-order chi connectivity index (χ0) is 9.68. The Kier molecular flexibility index (Phi) is 2.97. The second kappa shape index (κ2) is 4.21. The van der Waals surface area contributed by atoms with E-state index >= 15 is 0 Å². The number of hydrogen-bond donors (Lipinski definition) is 1. The van der Waals surface area contributed by atoms with Crippen LogP contribution in [-0.2, 0) is 9.59 Å². The number of rotatable bonds is 3. The van der Waals surface area contributed by atoms with Crippen LogP contribution in [0.4, 0.5) is 0 Å². The predicted molar refractivity (Wildman–Crippen MR) is 49.7 cm³/mol. The van der Waals surface area contributed by atoms with E-state index in [0.717, 1.165) is 11.6 Å². The maximum absolute atomic E-state index is 10.8. The third-order valence-electron chi connectivity index (χ3n) is 1.47. The minimum absolute atomic E-state index is 0.691. The highest BCUT2D eigenvalue weighted by atomic mass is 16.2. The van der Waals surface area contributed by atoms with Gasteiger partial charge in [0, 0.05) is 0 Å². The summed E-state index contributed by atoms with van der Waals surface area (Å²) < 4.78 is 0. The van der Waals surface area contributed by atoms with E-state index in [-0.39, 0.29) is 0 Å². The molecule has 3 nitrogen and oxygen atoms in total. The summed E-state index contributed by atoms with van der Waals surface area (Å²) in [6.07, 6.45) is 2.71. The van der Waals surface area contributed by atoms with E-state index in [2.05, 4.69) is 0 Å². The van der Waals surface area contributed by atoms with Crippen molar-refractivity contribution in [3.8, 4) is 0 Å². The Bertz CT molecular complexity index is 341. The first-order valence-corrected chi connectivity index (χ1v) is 3.77. The maximum atomic E-state index is 10.8. The molecule has 2 N–H and O–H groups in total. The van der Waals surface area contributed by atoms with Crippen molar-refractivity contribution < 1.29 is 9.59 Å². The van der Waals surface area contributed by atoms with Crippen molar-refractivity contribution in [3.05, 3.63) is 42.0 Å². The van der Waals surface area contributed by atoms with Gasteiger partial charge in [-0.3, -0.25) is 9.59 Å². The molecular formula is C10H9NO2. The van der Waals surface area contributed by atoms with E-state index in [1.54, 1.807) is 6.08 Å². The quantitative estimate of drug-likeness (QED) is 0.544. The highest BCUT2D eigenvalue weighted by Gasteiger charge is 2.01. The molecule has 1 amide bonds. The van der Waals surface area contributed by atoms with Gasteiger partial charge in [-0.2, -0.15) is 0 Å². The first-order chi connectivity index (χ1) is 6.20. The fraction of sp³-hybridized carbons (Fsp3) is 0. The monoisotopic (exact) mass is 175 g/mol. The molecular weight excluding hydrogens is 166 g/mol. The summed E-state index contributed by atoms with van der Waals surface area (Å²) in [5.41, 5.74) is 5.62. The molecule has 0 bridgehead atoms. The van der Waals surface area contributed by atoms with E-state index < -0.39 is 11.7 Å². The Morgan fingerprint density at radius 1 is 1.15 bits per heavy atom. The van der Waals surface area contributed by atoms with Crippen LogP contribution >= 0.6 is 0 Å². The minimum atomic E-state index is -0.938. The fourth-order valence-electron chi connectivity index (χ4n) is 0.818. The van der Waals surface area contributed by atoms with E-state index in [1.807, 2.05) is 30.3 Å². The van der Waals surface area contributed by atoms with Gasteiger partial charge in [0.1, 0.15) is 0 Å². The van der Waals surface area contributed by atoms with E-state index in [0.29, 0.717) is 0 Å². The molecule has 0 heterocycles. The topological polar surface area (TPSA) is 60.2 Å². The predicted octanol–water partition coefficient (Wildman–Crippen LogP) is 0.754. The minimum Gasteiger partial charge on any atom is -0.363 e. The molecule has 0 aliphatic carbocycles. The number of primary amides is 1. The van der Waals surface area contributed by atoms with Gasteiger partial charge >= 0.3 is 0 Å². The number of nitrogens with two attached hydrogens (primary N) is 1. The number of hydrogen-bond acceptors (Lipinski definition) is 2. The highest BCUT2D eigenvalue weighted by Crippen LogP contribution is 2.00. The average Bonchev–Trinajstić information content (AvgIpc) is 2.15. The molecule has 0 aliphatic heterocycles. The third kappa shape index (κ3) is 2.91. The van der Waals surface area contributed by atoms with Crippen LogP contribution in [0.5, 0.6) is 0 Å². The summed E-state index contributed by atoms with van der Waals surface area (Å²) in [5.74, 6) is -1.63. The molecule has 66 valence electrons. The van der Waals surface area contributed by atoms with Crippen LogP contribution in [0.2, 0.25) is 0 Å². The van der Waals surface area contributed by atoms with Crippen molar-refractivity contribution in [1.29, 1.82) is 0 Å². The summed E-state index contributed by atoms with van der Waals surface area (Å²) in [5, 5.41) is 0. The molecule has 0 saturated heterocycles. The molecule has 1 aromatic carbocycles. The van der Waals surface area contributed by atoms with Crippen molar-refractivity contribution in [1.82, 2.24) is 0 Å². The van der Waals surface area contributed by atoms with Gasteiger partial charge in [-0.25, -0.2) is 0 Å². The molecule has 0 aliphatic rings. The first kappa shape index (κ1) is 9.19. The van der Waals surface area contributed by atoms with Gasteiger partial charge in [0.15, 0.2) is 0 Å². The Morgan fingerprint density at radius 2 is 1.77 bits per heavy atom. The largest absolute Gasteiger partial charge is 0.363 e. The SMILES string of the molecule is NC(=O)C(=O)C=Cc1ccccc1. The second-order valence-corrected chi connectivity index (χ2v) is 2.47. The van der Waals surface area contributed by atoms with Crippen molar-refractivity contribution in [2.75, 3.05) is 0 Å². The lowest BCUT2D eigenvalue weighted by Crippen LogP contribution is -2.20. The normalized spacial score (nSPS) is 10.2. The average molecular weight is 175 g/mol. The van der Waals surface area contributed by atoms with Crippen LogP contribution in [0.15, 0.2) is 36.4 Å². The molecule has 0 aromatic heterocycles. The smallest absolute Gasteiger partial charge is 0.289 e. The van der Waals surface area contributed by atoms with Gasteiger partial charge in [0.25, 0.3) is 5.91 Å². The molecule has 0 saturated carbocycles. The lowest BCUT2D eigenvalue weighted by Gasteiger charge is -1.89. The zero-order valence-electron chi connectivity index (χ0n) is 6.94. The summed E-state index contributed by atoms with van der Waals surface area (Å²) in [7, 11) is 0. The van der Waals surface area contributed by atoms with E-state index in [4.69, 9.17) is 5.73 Å². The molecule has 0 radical (unpaired) electrons. The zero-order valence-corrected chi connectivity index (χ0v) is 6.94. The maximum Gasteiger partial charge on any atom is 0.289 e. The number of ketones is 1. The summed E-state index contributed by atoms with van der Waals surface area (Å²) in [4.78, 5) is 21.1. The van der Waals surface area contributed by atoms with Crippen LogP contribution in [0.3, 0.4) is 0 Å². The second-order valence-electron chi connectivity index (χ2n) is 2.47. The van der Waals surface area contributed by atoms with Crippen LogP contribution in [-0.4, -0.2) is 11.7 Å².